The zero-order chi connectivity index (χ0) is 9.26. The molecule has 0 fully saturated rings. The number of hydrogen-bond donors (Lipinski definition) is 0. The van der Waals surface area contributed by atoms with E-state index in [0.717, 1.165) is 11.7 Å². The monoisotopic (exact) mass is 196 g/mol. The molecule has 7 nitrogen and oxygen atoms in total. The number of rotatable bonds is 2. The van der Waals surface area contributed by atoms with Gasteiger partial charge in [-0.15, -0.1) is 10.2 Å². The first kappa shape index (κ1) is 7.92. The smallest absolute Gasteiger partial charge is 0.255 e. The summed E-state index contributed by atoms with van der Waals surface area (Å²) in [4.78, 5) is 12.7. The van der Waals surface area contributed by atoms with Crippen LogP contribution in [0.25, 0.3) is 0 Å². The molecule has 0 saturated heterocycles. The van der Waals surface area contributed by atoms with Crippen molar-refractivity contribution in [3.8, 4) is 0 Å². The molecule has 66 valence electrons. The lowest BCUT2D eigenvalue weighted by atomic mass is 10.3. The largest absolute Gasteiger partial charge is 0.283 e. The molecule has 0 radical (unpaired) electrons. The molecule has 8 heteroatoms. The van der Waals surface area contributed by atoms with Gasteiger partial charge in [-0.25, -0.2) is 0 Å². The molecule has 0 amide bonds. The molecule has 0 saturated carbocycles. The molecule has 2 heterocycles. The molecule has 2 aromatic rings. The van der Waals surface area contributed by atoms with Crippen LogP contribution in [0.1, 0.15) is 16.3 Å². The van der Waals surface area contributed by atoms with Gasteiger partial charge >= 0.3 is 0 Å². The second-order valence-corrected chi connectivity index (χ2v) is 2.78. The zero-order valence-corrected chi connectivity index (χ0v) is 7.39. The number of aryl methyl sites for hydroxylation is 1. The zero-order valence-electron chi connectivity index (χ0n) is 6.58. The van der Waals surface area contributed by atoms with Gasteiger partial charge in [-0.1, -0.05) is 0 Å². The maximum Gasteiger partial charge on any atom is 0.255 e. The van der Waals surface area contributed by atoms with Gasteiger partial charge in [-0.3, -0.25) is 4.79 Å². The van der Waals surface area contributed by atoms with Gasteiger partial charge in [0.2, 0.25) is 5.82 Å². The van der Waals surface area contributed by atoms with E-state index in [1.54, 1.807) is 7.05 Å². The summed E-state index contributed by atoms with van der Waals surface area (Å²) in [5, 5.41) is 10.8. The maximum atomic E-state index is 11.4. The molecule has 0 aliphatic carbocycles. The van der Waals surface area contributed by atoms with Gasteiger partial charge in [-0.05, 0) is 5.21 Å². The normalized spacial score (nSPS) is 10.2. The lowest BCUT2D eigenvalue weighted by Crippen LogP contribution is -2.04. The van der Waals surface area contributed by atoms with Crippen LogP contribution in [0.4, 0.5) is 0 Å². The van der Waals surface area contributed by atoms with Crippen molar-refractivity contribution in [3.05, 3.63) is 17.7 Å². The Kier molecular flexibility index (Phi) is 1.81. The van der Waals surface area contributed by atoms with E-state index < -0.39 is 0 Å². The summed E-state index contributed by atoms with van der Waals surface area (Å²) >= 11 is 0.966. The second kappa shape index (κ2) is 2.98. The second-order valence-electron chi connectivity index (χ2n) is 2.22. The lowest BCUT2D eigenvalue weighted by Gasteiger charge is -1.84. The highest BCUT2D eigenvalue weighted by Gasteiger charge is 2.16. The van der Waals surface area contributed by atoms with Crippen molar-refractivity contribution in [1.82, 2.24) is 29.0 Å². The quantitative estimate of drug-likeness (QED) is 0.590. The molecular formula is C5H4N6OS. The Labute approximate surface area is 76.7 Å². The molecule has 0 aliphatic rings. The van der Waals surface area contributed by atoms with Gasteiger partial charge in [0.1, 0.15) is 5.69 Å². The summed E-state index contributed by atoms with van der Waals surface area (Å²) in [6, 6.07) is 0. The SMILES string of the molecule is Cn1nnc(C(=O)c2cnsn2)n1. The standard InChI is InChI=1S/C5H4N6OS/c1-11-8-5(7-10-11)4(12)3-2-6-13-9-3/h2H,1H3. The van der Waals surface area contributed by atoms with E-state index in [-0.39, 0.29) is 17.3 Å². The highest BCUT2D eigenvalue weighted by molar-refractivity contribution is 6.99. The maximum absolute atomic E-state index is 11.4. The highest BCUT2D eigenvalue weighted by atomic mass is 32.1. The first-order valence-corrected chi connectivity index (χ1v) is 4.06. The number of carbonyl (C=O) groups excluding carboxylic acids is 1. The molecule has 2 rings (SSSR count). The fourth-order valence-electron chi connectivity index (χ4n) is 0.754. The van der Waals surface area contributed by atoms with E-state index in [0.29, 0.717) is 0 Å². The van der Waals surface area contributed by atoms with E-state index in [1.165, 1.54) is 11.0 Å². The summed E-state index contributed by atoms with van der Waals surface area (Å²) in [7, 11) is 1.59. The fraction of sp³-hybridized carbons (Fsp3) is 0.200. The average molecular weight is 196 g/mol. The summed E-state index contributed by atoms with van der Waals surface area (Å²) in [6.07, 6.45) is 1.38. The van der Waals surface area contributed by atoms with Gasteiger partial charge < -0.3 is 0 Å². The van der Waals surface area contributed by atoms with Crippen molar-refractivity contribution in [2.45, 2.75) is 0 Å². The van der Waals surface area contributed by atoms with Crippen LogP contribution in [-0.2, 0) is 7.05 Å². The third-order valence-electron chi connectivity index (χ3n) is 1.31. The first-order chi connectivity index (χ1) is 6.27. The van der Waals surface area contributed by atoms with E-state index in [1.807, 2.05) is 0 Å². The Bertz CT molecular complexity index is 420. The summed E-state index contributed by atoms with van der Waals surface area (Å²) in [6.45, 7) is 0. The van der Waals surface area contributed by atoms with Crippen LogP contribution in [0, 0.1) is 0 Å². The number of nitrogens with zero attached hydrogens (tertiary/aromatic N) is 6. The number of hydrogen-bond acceptors (Lipinski definition) is 7. The molecule has 0 N–H and O–H groups in total. The summed E-state index contributed by atoms with van der Waals surface area (Å²) in [5.41, 5.74) is 0.248. The van der Waals surface area contributed by atoms with Crippen molar-refractivity contribution >= 4 is 17.5 Å². The van der Waals surface area contributed by atoms with E-state index >= 15 is 0 Å². The molecule has 0 unspecified atom stereocenters. The van der Waals surface area contributed by atoms with Gasteiger partial charge in [0.15, 0.2) is 0 Å². The number of ketones is 1. The minimum atomic E-state index is -0.359. The third kappa shape index (κ3) is 1.43. The Morgan fingerprint density at radius 1 is 1.62 bits per heavy atom. The minimum absolute atomic E-state index is 0.0372. The summed E-state index contributed by atoms with van der Waals surface area (Å²) in [5.74, 6) is -0.322. The van der Waals surface area contributed by atoms with Crippen LogP contribution in [0.2, 0.25) is 0 Å². The van der Waals surface area contributed by atoms with Crippen LogP contribution in [0.15, 0.2) is 6.20 Å². The molecule has 0 aliphatic heterocycles. The molecule has 0 bridgehead atoms. The van der Waals surface area contributed by atoms with Crippen LogP contribution >= 0.6 is 11.7 Å². The van der Waals surface area contributed by atoms with Crippen LogP contribution in [0.3, 0.4) is 0 Å². The molecular weight excluding hydrogens is 192 g/mol. The Hall–Kier alpha value is -1.70. The third-order valence-corrected chi connectivity index (χ3v) is 1.78. The van der Waals surface area contributed by atoms with Crippen molar-refractivity contribution < 1.29 is 4.79 Å². The molecule has 2 aromatic heterocycles. The van der Waals surface area contributed by atoms with Crippen molar-refractivity contribution in [3.63, 3.8) is 0 Å². The number of aromatic nitrogens is 6. The molecule has 0 spiro atoms. The molecule has 13 heavy (non-hydrogen) atoms. The summed E-state index contributed by atoms with van der Waals surface area (Å²) < 4.78 is 7.47. The fourth-order valence-corrected chi connectivity index (χ4v) is 1.17. The van der Waals surface area contributed by atoms with Crippen LogP contribution in [-0.4, -0.2) is 34.7 Å². The van der Waals surface area contributed by atoms with Gasteiger partial charge in [0.25, 0.3) is 5.78 Å². The minimum Gasteiger partial charge on any atom is -0.283 e. The van der Waals surface area contributed by atoms with E-state index in [2.05, 4.69) is 24.2 Å². The Morgan fingerprint density at radius 2 is 2.46 bits per heavy atom. The van der Waals surface area contributed by atoms with Gasteiger partial charge in [0, 0.05) is 0 Å². The predicted molar refractivity (Wildman–Crippen MR) is 42.1 cm³/mol. The van der Waals surface area contributed by atoms with Crippen molar-refractivity contribution in [2.75, 3.05) is 0 Å². The molecule has 0 atom stereocenters. The van der Waals surface area contributed by atoms with Crippen LogP contribution in [0.5, 0.6) is 0 Å². The predicted octanol–water partition coefficient (Wildman–Crippen LogP) is -0.707. The van der Waals surface area contributed by atoms with Crippen LogP contribution < -0.4 is 0 Å². The van der Waals surface area contributed by atoms with E-state index in [4.69, 9.17) is 0 Å². The van der Waals surface area contributed by atoms with Gasteiger partial charge in [-0.2, -0.15) is 13.5 Å². The number of carbonyl (C=O) groups is 1. The number of tetrazole rings is 1. The first-order valence-electron chi connectivity index (χ1n) is 3.33. The van der Waals surface area contributed by atoms with Gasteiger partial charge in [0.05, 0.1) is 25.0 Å². The Morgan fingerprint density at radius 3 is 3.00 bits per heavy atom. The highest BCUT2D eigenvalue weighted by Crippen LogP contribution is 2.01. The molecule has 0 aromatic carbocycles. The lowest BCUT2D eigenvalue weighted by molar-refractivity contribution is 0.102. The average Bonchev–Trinajstić information content (AvgIpc) is 2.72. The topological polar surface area (TPSA) is 86.5 Å². The van der Waals surface area contributed by atoms with Crippen molar-refractivity contribution in [1.29, 1.82) is 0 Å². The van der Waals surface area contributed by atoms with E-state index in [9.17, 15) is 4.79 Å². The van der Waals surface area contributed by atoms with Crippen molar-refractivity contribution in [2.24, 2.45) is 7.05 Å². The Balaban J connectivity index is 2.33.